The molecule has 1 aliphatic heterocycles. The van der Waals surface area contributed by atoms with Crippen LogP contribution in [0, 0.1) is 5.92 Å². The van der Waals surface area contributed by atoms with Gasteiger partial charge in [0.2, 0.25) is 15.9 Å². The van der Waals surface area contributed by atoms with Gasteiger partial charge in [0.05, 0.1) is 4.90 Å². The second-order valence-electron chi connectivity index (χ2n) is 8.05. The van der Waals surface area contributed by atoms with Crippen molar-refractivity contribution in [3.63, 3.8) is 0 Å². The van der Waals surface area contributed by atoms with Crippen molar-refractivity contribution < 1.29 is 13.2 Å². The first-order valence-corrected chi connectivity index (χ1v) is 11.8. The molecule has 2 fully saturated rings. The number of benzene rings is 2. The van der Waals surface area contributed by atoms with E-state index in [1.54, 1.807) is 12.1 Å². The van der Waals surface area contributed by atoms with E-state index in [9.17, 15) is 13.2 Å². The van der Waals surface area contributed by atoms with Crippen molar-refractivity contribution in [2.24, 2.45) is 5.92 Å². The molecule has 2 aromatic carbocycles. The van der Waals surface area contributed by atoms with E-state index in [2.05, 4.69) is 5.32 Å². The summed E-state index contributed by atoms with van der Waals surface area (Å²) < 4.78 is 27.9. The Hall–Kier alpha value is -1.92. The molecular formula is C22H28N2O3S. The van der Waals surface area contributed by atoms with Crippen molar-refractivity contribution in [1.82, 2.24) is 9.62 Å². The highest BCUT2D eigenvalue weighted by molar-refractivity contribution is 7.89. The summed E-state index contributed by atoms with van der Waals surface area (Å²) >= 11 is 0. The van der Waals surface area contributed by atoms with Gasteiger partial charge in [0.15, 0.2) is 0 Å². The van der Waals surface area contributed by atoms with Crippen molar-refractivity contribution in [2.75, 3.05) is 13.1 Å². The van der Waals surface area contributed by atoms with E-state index in [-0.39, 0.29) is 17.9 Å². The molecule has 2 aromatic rings. The minimum atomic E-state index is -3.57. The van der Waals surface area contributed by atoms with Crippen LogP contribution in [0.2, 0.25) is 0 Å². The zero-order valence-corrected chi connectivity index (χ0v) is 17.0. The van der Waals surface area contributed by atoms with E-state index >= 15 is 0 Å². The molecule has 4 rings (SSSR count). The second-order valence-corrected chi connectivity index (χ2v) is 9.99. The number of hydrogen-bond acceptors (Lipinski definition) is 3. The molecule has 1 heterocycles. The Morgan fingerprint density at radius 2 is 1.68 bits per heavy atom. The average molecular weight is 401 g/mol. The SMILES string of the molecule is O=C(NC1CCCN(S(=O)(=O)c2ccc3ccccc3c2)C1)C1CCCCC1. The summed E-state index contributed by atoms with van der Waals surface area (Å²) in [6, 6.07) is 12.9. The maximum absolute atomic E-state index is 13.2. The molecule has 1 atom stereocenters. The van der Waals surface area contributed by atoms with Crippen molar-refractivity contribution in [3.05, 3.63) is 42.5 Å². The molecule has 0 radical (unpaired) electrons. The average Bonchev–Trinajstić information content (AvgIpc) is 2.74. The number of piperidine rings is 1. The lowest BCUT2D eigenvalue weighted by Gasteiger charge is -2.33. The summed E-state index contributed by atoms with van der Waals surface area (Å²) in [4.78, 5) is 12.9. The van der Waals surface area contributed by atoms with Gasteiger partial charge < -0.3 is 5.32 Å². The van der Waals surface area contributed by atoms with E-state index < -0.39 is 10.0 Å². The first-order chi connectivity index (χ1) is 13.5. The third-order valence-electron chi connectivity index (χ3n) is 6.07. The van der Waals surface area contributed by atoms with Crippen molar-refractivity contribution in [1.29, 1.82) is 0 Å². The van der Waals surface area contributed by atoms with Crippen molar-refractivity contribution in [3.8, 4) is 0 Å². The summed E-state index contributed by atoms with van der Waals surface area (Å²) in [5.74, 6) is 0.205. The highest BCUT2D eigenvalue weighted by Gasteiger charge is 2.32. The third-order valence-corrected chi connectivity index (χ3v) is 7.93. The molecule has 1 unspecified atom stereocenters. The topological polar surface area (TPSA) is 66.5 Å². The molecule has 1 amide bonds. The molecule has 150 valence electrons. The fraction of sp³-hybridized carbons (Fsp3) is 0.500. The van der Waals surface area contributed by atoms with Crippen molar-refractivity contribution in [2.45, 2.75) is 55.9 Å². The van der Waals surface area contributed by atoms with Crippen LogP contribution < -0.4 is 5.32 Å². The molecule has 0 aromatic heterocycles. The maximum Gasteiger partial charge on any atom is 0.243 e. The van der Waals surface area contributed by atoms with Crippen LogP contribution in [-0.4, -0.2) is 37.8 Å². The molecule has 1 N–H and O–H groups in total. The Balaban J connectivity index is 1.47. The van der Waals surface area contributed by atoms with Crippen molar-refractivity contribution >= 4 is 26.7 Å². The molecular weight excluding hydrogens is 372 g/mol. The molecule has 28 heavy (non-hydrogen) atoms. The lowest BCUT2D eigenvalue weighted by atomic mass is 9.88. The molecule has 0 spiro atoms. The van der Waals surface area contributed by atoms with E-state index in [0.717, 1.165) is 49.3 Å². The zero-order chi connectivity index (χ0) is 19.6. The second kappa shape index (κ2) is 8.21. The lowest BCUT2D eigenvalue weighted by Crippen LogP contribution is -2.50. The molecule has 0 bridgehead atoms. The van der Waals surface area contributed by atoms with Gasteiger partial charge >= 0.3 is 0 Å². The van der Waals surface area contributed by atoms with Crippen LogP contribution in [0.15, 0.2) is 47.4 Å². The van der Waals surface area contributed by atoms with Crippen LogP contribution in [0.3, 0.4) is 0 Å². The fourth-order valence-corrected chi connectivity index (χ4v) is 6.00. The Kier molecular flexibility index (Phi) is 5.69. The van der Waals surface area contributed by atoms with Gasteiger partial charge in [0.25, 0.3) is 0 Å². The quantitative estimate of drug-likeness (QED) is 0.851. The minimum Gasteiger partial charge on any atom is -0.352 e. The number of nitrogens with one attached hydrogen (secondary N) is 1. The predicted octanol–water partition coefficient (Wildman–Crippen LogP) is 3.69. The Morgan fingerprint density at radius 3 is 2.46 bits per heavy atom. The highest BCUT2D eigenvalue weighted by Crippen LogP contribution is 2.26. The van der Waals surface area contributed by atoms with Gasteiger partial charge in [-0.1, -0.05) is 49.6 Å². The first-order valence-electron chi connectivity index (χ1n) is 10.3. The van der Waals surface area contributed by atoms with E-state index in [4.69, 9.17) is 0 Å². The van der Waals surface area contributed by atoms with E-state index in [0.29, 0.717) is 18.0 Å². The third kappa shape index (κ3) is 4.08. The highest BCUT2D eigenvalue weighted by atomic mass is 32.2. The van der Waals surface area contributed by atoms with Crippen LogP contribution in [0.5, 0.6) is 0 Å². The first kappa shape index (κ1) is 19.4. The normalized spacial score (nSPS) is 22.2. The van der Waals surface area contributed by atoms with Gasteiger partial charge in [0, 0.05) is 25.0 Å². The predicted molar refractivity (Wildman–Crippen MR) is 110 cm³/mol. The maximum atomic E-state index is 13.2. The summed E-state index contributed by atoms with van der Waals surface area (Å²) in [7, 11) is -3.57. The molecule has 6 heteroatoms. The number of amides is 1. The monoisotopic (exact) mass is 400 g/mol. The number of fused-ring (bicyclic) bond motifs is 1. The number of hydrogen-bond donors (Lipinski definition) is 1. The smallest absolute Gasteiger partial charge is 0.243 e. The zero-order valence-electron chi connectivity index (χ0n) is 16.1. The van der Waals surface area contributed by atoms with E-state index in [1.165, 1.54) is 10.7 Å². The number of nitrogens with zero attached hydrogens (tertiary/aromatic N) is 1. The molecule has 1 aliphatic carbocycles. The van der Waals surface area contributed by atoms with Gasteiger partial charge in [-0.2, -0.15) is 4.31 Å². The molecule has 2 aliphatic rings. The van der Waals surface area contributed by atoms with Crippen LogP contribution in [0.1, 0.15) is 44.9 Å². The minimum absolute atomic E-state index is 0.0984. The Morgan fingerprint density at radius 1 is 0.929 bits per heavy atom. The Bertz CT molecular complexity index is 951. The Labute approximate surface area is 167 Å². The van der Waals surface area contributed by atoms with Gasteiger partial charge in [-0.3, -0.25) is 4.79 Å². The molecule has 1 saturated carbocycles. The molecule has 1 saturated heterocycles. The van der Waals surface area contributed by atoms with Gasteiger partial charge in [0.1, 0.15) is 0 Å². The summed E-state index contributed by atoms with van der Waals surface area (Å²) in [5.41, 5.74) is 0. The summed E-state index contributed by atoms with van der Waals surface area (Å²) in [6.07, 6.45) is 6.96. The number of carbonyl (C=O) groups is 1. The van der Waals surface area contributed by atoms with Crippen LogP contribution >= 0.6 is 0 Å². The summed E-state index contributed by atoms with van der Waals surface area (Å²) in [6.45, 7) is 0.860. The van der Waals surface area contributed by atoms with Crippen LogP contribution in [0.25, 0.3) is 10.8 Å². The van der Waals surface area contributed by atoms with E-state index in [1.807, 2.05) is 30.3 Å². The number of carbonyl (C=O) groups excluding carboxylic acids is 1. The largest absolute Gasteiger partial charge is 0.352 e. The van der Waals surface area contributed by atoms with Gasteiger partial charge in [-0.25, -0.2) is 8.42 Å². The van der Waals surface area contributed by atoms with Gasteiger partial charge in [-0.05, 0) is 48.6 Å². The lowest BCUT2D eigenvalue weighted by molar-refractivity contribution is -0.126. The number of rotatable bonds is 4. The fourth-order valence-electron chi connectivity index (χ4n) is 4.44. The van der Waals surface area contributed by atoms with Crippen LogP contribution in [0.4, 0.5) is 0 Å². The number of sulfonamides is 1. The van der Waals surface area contributed by atoms with Gasteiger partial charge in [-0.15, -0.1) is 0 Å². The molecule has 5 nitrogen and oxygen atoms in total. The standard InChI is InChI=1S/C22H28N2O3S/c25-22(18-8-2-1-3-9-18)23-20-11-6-14-24(16-20)28(26,27)21-13-12-17-7-4-5-10-19(17)15-21/h4-5,7,10,12-13,15,18,20H,1-3,6,8-9,11,14,16H2,(H,23,25). The van der Waals surface area contributed by atoms with Crippen LogP contribution in [-0.2, 0) is 14.8 Å². The summed E-state index contributed by atoms with van der Waals surface area (Å²) in [5, 5.41) is 5.07.